The zero-order chi connectivity index (χ0) is 9.14. The smallest absolute Gasteiger partial charge is 0.240 e. The summed E-state index contributed by atoms with van der Waals surface area (Å²) in [5.41, 5.74) is 0. The van der Waals surface area contributed by atoms with Crippen molar-refractivity contribution in [2.45, 2.75) is 24.8 Å². The average Bonchev–Trinajstić information content (AvgIpc) is 2.50. The van der Waals surface area contributed by atoms with Crippen LogP contribution >= 0.6 is 11.6 Å². The first kappa shape index (κ1) is 9.81. The minimum absolute atomic E-state index is 0.0104. The van der Waals surface area contributed by atoms with Crippen molar-refractivity contribution >= 4 is 17.5 Å². The number of hydrogen-bond donors (Lipinski definition) is 0. The molecule has 3 nitrogen and oxygen atoms in total. The first-order valence-corrected chi connectivity index (χ1v) is 4.54. The highest BCUT2D eigenvalue weighted by Crippen LogP contribution is 2.14. The van der Waals surface area contributed by atoms with Crippen LogP contribution in [0.4, 0.5) is 0 Å². The molecular formula is C8H14ClNO2. The van der Waals surface area contributed by atoms with Crippen molar-refractivity contribution in [3.63, 3.8) is 0 Å². The van der Waals surface area contributed by atoms with Gasteiger partial charge < -0.3 is 9.64 Å². The molecule has 2 atom stereocenters. The Kier molecular flexibility index (Phi) is 3.35. The van der Waals surface area contributed by atoms with Crippen molar-refractivity contribution in [3.8, 4) is 0 Å². The first-order valence-electron chi connectivity index (χ1n) is 4.10. The Balaban J connectivity index is 2.41. The van der Waals surface area contributed by atoms with Gasteiger partial charge in [0.05, 0.1) is 6.10 Å². The van der Waals surface area contributed by atoms with Crippen molar-refractivity contribution in [1.82, 2.24) is 4.90 Å². The standard InChI is InChI=1S/C8H14ClNO2/c1-6(9)8(11)10-4-3-7(5-10)12-2/h6-7H,3-5H2,1-2H3. The minimum atomic E-state index is -0.416. The van der Waals surface area contributed by atoms with Crippen LogP contribution in [0.15, 0.2) is 0 Å². The average molecular weight is 192 g/mol. The number of carbonyl (C=O) groups is 1. The lowest BCUT2D eigenvalue weighted by molar-refractivity contribution is -0.129. The van der Waals surface area contributed by atoms with Gasteiger partial charge in [0.25, 0.3) is 0 Å². The molecule has 4 heteroatoms. The summed E-state index contributed by atoms with van der Waals surface area (Å²) in [6.45, 7) is 3.16. The molecule has 70 valence electrons. The maximum atomic E-state index is 11.3. The molecule has 1 aliphatic rings. The molecule has 0 radical (unpaired) electrons. The molecule has 0 aliphatic carbocycles. The number of rotatable bonds is 2. The molecular weight excluding hydrogens is 178 g/mol. The number of hydrogen-bond acceptors (Lipinski definition) is 2. The van der Waals surface area contributed by atoms with Gasteiger partial charge in [-0.25, -0.2) is 0 Å². The molecule has 0 aromatic carbocycles. The molecule has 1 rings (SSSR count). The number of methoxy groups -OCH3 is 1. The minimum Gasteiger partial charge on any atom is -0.380 e. The van der Waals surface area contributed by atoms with Crippen molar-refractivity contribution < 1.29 is 9.53 Å². The van der Waals surface area contributed by atoms with Gasteiger partial charge in [-0.2, -0.15) is 0 Å². The molecule has 1 fully saturated rings. The van der Waals surface area contributed by atoms with E-state index in [2.05, 4.69) is 0 Å². The van der Waals surface area contributed by atoms with Crippen LogP contribution in [0.2, 0.25) is 0 Å². The van der Waals surface area contributed by atoms with Gasteiger partial charge in [-0.1, -0.05) is 0 Å². The number of alkyl halides is 1. The summed E-state index contributed by atoms with van der Waals surface area (Å²) < 4.78 is 5.13. The van der Waals surface area contributed by atoms with Gasteiger partial charge in [-0.05, 0) is 13.3 Å². The molecule has 12 heavy (non-hydrogen) atoms. The molecule has 1 heterocycles. The van der Waals surface area contributed by atoms with Crippen molar-refractivity contribution in [1.29, 1.82) is 0 Å². The monoisotopic (exact) mass is 191 g/mol. The quantitative estimate of drug-likeness (QED) is 0.606. The summed E-state index contributed by atoms with van der Waals surface area (Å²) in [5.74, 6) is 0.0104. The summed E-state index contributed by atoms with van der Waals surface area (Å²) in [6.07, 6.45) is 1.12. The molecule has 1 saturated heterocycles. The van der Waals surface area contributed by atoms with Gasteiger partial charge in [0.2, 0.25) is 5.91 Å². The fourth-order valence-electron chi connectivity index (χ4n) is 1.37. The number of nitrogens with zero attached hydrogens (tertiary/aromatic N) is 1. The summed E-state index contributed by atoms with van der Waals surface area (Å²) in [5, 5.41) is -0.416. The van der Waals surface area contributed by atoms with Gasteiger partial charge in [0, 0.05) is 20.2 Å². The highest BCUT2D eigenvalue weighted by atomic mass is 35.5. The van der Waals surface area contributed by atoms with E-state index in [1.807, 2.05) is 0 Å². The molecule has 0 N–H and O–H groups in total. The van der Waals surface area contributed by atoms with Gasteiger partial charge in [0.15, 0.2) is 0 Å². The summed E-state index contributed by atoms with van der Waals surface area (Å²) >= 11 is 5.67. The fraction of sp³-hybridized carbons (Fsp3) is 0.875. The van der Waals surface area contributed by atoms with Crippen LogP contribution in [-0.2, 0) is 9.53 Å². The first-order chi connectivity index (χ1) is 5.65. The van der Waals surface area contributed by atoms with Crippen LogP contribution in [0.3, 0.4) is 0 Å². The van der Waals surface area contributed by atoms with Crippen molar-refractivity contribution in [2.75, 3.05) is 20.2 Å². The van der Waals surface area contributed by atoms with E-state index in [1.165, 1.54) is 0 Å². The predicted octanol–water partition coefficient (Wildman–Crippen LogP) is 0.861. The molecule has 0 bridgehead atoms. The third-order valence-electron chi connectivity index (χ3n) is 2.13. The van der Waals surface area contributed by atoms with E-state index in [0.717, 1.165) is 13.0 Å². The Morgan fingerprint density at radius 3 is 2.83 bits per heavy atom. The van der Waals surface area contributed by atoms with E-state index >= 15 is 0 Å². The maximum Gasteiger partial charge on any atom is 0.240 e. The number of likely N-dealkylation sites (tertiary alicyclic amines) is 1. The second kappa shape index (κ2) is 4.10. The molecule has 2 unspecified atom stereocenters. The zero-order valence-corrected chi connectivity index (χ0v) is 8.17. The number of carbonyl (C=O) groups excluding carboxylic acids is 1. The lowest BCUT2D eigenvalue weighted by Gasteiger charge is -2.17. The van der Waals surface area contributed by atoms with E-state index in [4.69, 9.17) is 16.3 Å². The number of halogens is 1. The molecule has 0 spiro atoms. The Morgan fingerprint density at radius 2 is 2.42 bits per heavy atom. The van der Waals surface area contributed by atoms with Gasteiger partial charge in [-0.15, -0.1) is 11.6 Å². The Hall–Kier alpha value is -0.280. The predicted molar refractivity (Wildman–Crippen MR) is 47.3 cm³/mol. The van der Waals surface area contributed by atoms with Crippen LogP contribution in [0.25, 0.3) is 0 Å². The van der Waals surface area contributed by atoms with Gasteiger partial charge in [0.1, 0.15) is 5.38 Å². The van der Waals surface area contributed by atoms with Crippen LogP contribution in [0.5, 0.6) is 0 Å². The lowest BCUT2D eigenvalue weighted by atomic mass is 10.3. The van der Waals surface area contributed by atoms with Crippen LogP contribution in [0.1, 0.15) is 13.3 Å². The summed E-state index contributed by atoms with van der Waals surface area (Å²) in [7, 11) is 1.67. The van der Waals surface area contributed by atoms with Crippen LogP contribution in [0, 0.1) is 0 Å². The maximum absolute atomic E-state index is 11.3. The number of ether oxygens (including phenoxy) is 1. The van der Waals surface area contributed by atoms with E-state index < -0.39 is 5.38 Å². The zero-order valence-electron chi connectivity index (χ0n) is 7.42. The molecule has 0 aromatic rings. The third kappa shape index (κ3) is 2.11. The molecule has 0 aromatic heterocycles. The summed E-state index contributed by atoms with van der Waals surface area (Å²) in [4.78, 5) is 13.1. The third-order valence-corrected chi connectivity index (χ3v) is 2.32. The van der Waals surface area contributed by atoms with E-state index in [9.17, 15) is 4.79 Å². The topological polar surface area (TPSA) is 29.5 Å². The SMILES string of the molecule is COC1CCN(C(=O)C(C)Cl)C1. The lowest BCUT2D eigenvalue weighted by Crippen LogP contribution is -2.34. The highest BCUT2D eigenvalue weighted by Gasteiger charge is 2.27. The van der Waals surface area contributed by atoms with Gasteiger partial charge >= 0.3 is 0 Å². The number of amides is 1. The van der Waals surface area contributed by atoms with Crippen molar-refractivity contribution in [2.24, 2.45) is 0 Å². The van der Waals surface area contributed by atoms with E-state index in [1.54, 1.807) is 18.9 Å². The Bertz CT molecular complexity index is 172. The van der Waals surface area contributed by atoms with E-state index in [-0.39, 0.29) is 12.0 Å². The second-order valence-corrected chi connectivity index (χ2v) is 3.70. The molecule has 1 aliphatic heterocycles. The van der Waals surface area contributed by atoms with Crippen LogP contribution in [-0.4, -0.2) is 42.5 Å². The Labute approximate surface area is 77.6 Å². The second-order valence-electron chi connectivity index (χ2n) is 3.05. The summed E-state index contributed by atoms with van der Waals surface area (Å²) in [6, 6.07) is 0. The van der Waals surface area contributed by atoms with Gasteiger partial charge in [-0.3, -0.25) is 4.79 Å². The Morgan fingerprint density at radius 1 is 1.75 bits per heavy atom. The normalized spacial score (nSPS) is 25.9. The van der Waals surface area contributed by atoms with Crippen LogP contribution < -0.4 is 0 Å². The van der Waals surface area contributed by atoms with E-state index in [0.29, 0.717) is 6.54 Å². The largest absolute Gasteiger partial charge is 0.380 e. The van der Waals surface area contributed by atoms with Crippen molar-refractivity contribution in [3.05, 3.63) is 0 Å². The molecule has 1 amide bonds. The molecule has 0 saturated carbocycles. The fourth-order valence-corrected chi connectivity index (χ4v) is 1.51. The highest BCUT2D eigenvalue weighted by molar-refractivity contribution is 6.30.